The van der Waals surface area contributed by atoms with Crippen molar-refractivity contribution < 1.29 is 4.79 Å². The maximum atomic E-state index is 12.0. The summed E-state index contributed by atoms with van der Waals surface area (Å²) >= 11 is 0. The molecule has 0 aromatic heterocycles. The number of hydrogen-bond donors (Lipinski definition) is 0. The molecule has 106 valence electrons. The molecular weight excluding hydrogens is 244 g/mol. The zero-order valence-electron chi connectivity index (χ0n) is 13.0. The summed E-state index contributed by atoms with van der Waals surface area (Å²) < 4.78 is 0. The Morgan fingerprint density at radius 3 is 2.30 bits per heavy atom. The highest BCUT2D eigenvalue weighted by atomic mass is 16.1. The van der Waals surface area contributed by atoms with Crippen molar-refractivity contribution in [2.24, 2.45) is 5.41 Å². The number of carbonyl (C=O) groups is 1. The fourth-order valence-corrected chi connectivity index (χ4v) is 2.95. The minimum absolute atomic E-state index is 0.0819. The molecule has 0 aliphatic heterocycles. The van der Waals surface area contributed by atoms with E-state index in [9.17, 15) is 4.79 Å². The van der Waals surface area contributed by atoms with Crippen molar-refractivity contribution in [3.63, 3.8) is 0 Å². The first kappa shape index (κ1) is 14.8. The molecule has 0 saturated carbocycles. The van der Waals surface area contributed by atoms with Crippen molar-refractivity contribution in [2.45, 2.75) is 47.0 Å². The van der Waals surface area contributed by atoms with Crippen molar-refractivity contribution in [3.05, 3.63) is 58.7 Å². The summed E-state index contributed by atoms with van der Waals surface area (Å²) in [5, 5.41) is 0. The summed E-state index contributed by atoms with van der Waals surface area (Å²) in [5.74, 6) is 0.267. The summed E-state index contributed by atoms with van der Waals surface area (Å²) in [6, 6.07) is 10.5. The topological polar surface area (TPSA) is 17.1 Å². The van der Waals surface area contributed by atoms with Gasteiger partial charge < -0.3 is 0 Å². The lowest BCUT2D eigenvalue weighted by Gasteiger charge is -2.30. The van der Waals surface area contributed by atoms with Gasteiger partial charge in [-0.25, -0.2) is 0 Å². The maximum absolute atomic E-state index is 12.0. The van der Waals surface area contributed by atoms with Gasteiger partial charge in [-0.15, -0.1) is 0 Å². The van der Waals surface area contributed by atoms with Gasteiger partial charge in [0.15, 0.2) is 5.78 Å². The smallest absolute Gasteiger partial charge is 0.156 e. The summed E-state index contributed by atoms with van der Waals surface area (Å²) in [6.45, 7) is 8.66. The van der Waals surface area contributed by atoms with Gasteiger partial charge in [-0.1, -0.05) is 49.8 Å². The normalized spacial score (nSPS) is 17.6. The van der Waals surface area contributed by atoms with Gasteiger partial charge in [0.25, 0.3) is 0 Å². The monoisotopic (exact) mass is 268 g/mol. The molecule has 1 aliphatic rings. The molecule has 1 nitrogen and oxygen atoms in total. The molecule has 0 radical (unpaired) electrons. The van der Waals surface area contributed by atoms with E-state index >= 15 is 0 Å². The molecule has 1 heteroatoms. The number of ketones is 1. The first-order valence-electron chi connectivity index (χ1n) is 7.31. The first-order valence-corrected chi connectivity index (χ1v) is 7.31. The Bertz CT molecular complexity index is 555. The summed E-state index contributed by atoms with van der Waals surface area (Å²) in [5.41, 5.74) is 5.26. The van der Waals surface area contributed by atoms with E-state index in [0.717, 1.165) is 12.8 Å². The predicted octanol–water partition coefficient (Wildman–Crippen LogP) is 4.88. The molecule has 0 atom stereocenters. The van der Waals surface area contributed by atoms with Gasteiger partial charge in [0.05, 0.1) is 0 Å². The number of rotatable bonds is 3. The Balaban J connectivity index is 2.31. The van der Waals surface area contributed by atoms with E-state index in [0.29, 0.717) is 6.42 Å². The standard InChI is InChI=1S/C19H24O/c1-14(2)18(10-15-8-6-5-7-9-15)16-11-17(20)13-19(3,4)12-16/h5-9,11H,10,12-13H2,1-4H3. The van der Waals surface area contributed by atoms with Crippen LogP contribution in [0.3, 0.4) is 0 Å². The molecule has 1 aromatic carbocycles. The molecule has 0 unspecified atom stereocenters. The number of carbonyl (C=O) groups excluding carboxylic acids is 1. The molecular formula is C19H24O. The second-order valence-electron chi connectivity index (χ2n) is 6.79. The van der Waals surface area contributed by atoms with Crippen molar-refractivity contribution in [3.8, 4) is 0 Å². The molecule has 2 rings (SSSR count). The first-order chi connectivity index (χ1) is 9.37. The minimum atomic E-state index is 0.0819. The summed E-state index contributed by atoms with van der Waals surface area (Å²) in [4.78, 5) is 12.0. The van der Waals surface area contributed by atoms with E-state index < -0.39 is 0 Å². The van der Waals surface area contributed by atoms with Crippen molar-refractivity contribution >= 4 is 5.78 Å². The molecule has 0 spiro atoms. The molecule has 0 saturated heterocycles. The molecule has 0 N–H and O–H groups in total. The Labute approximate surface area is 122 Å². The second kappa shape index (κ2) is 5.78. The molecule has 1 aromatic rings. The SMILES string of the molecule is CC(C)=C(Cc1ccccc1)C1=CC(=O)CC(C)(C)C1. The van der Waals surface area contributed by atoms with Crippen LogP contribution in [0.4, 0.5) is 0 Å². The van der Waals surface area contributed by atoms with E-state index in [1.54, 1.807) is 0 Å². The van der Waals surface area contributed by atoms with Crippen LogP contribution in [0.2, 0.25) is 0 Å². The molecule has 0 heterocycles. The van der Waals surface area contributed by atoms with E-state index in [-0.39, 0.29) is 11.2 Å². The lowest BCUT2D eigenvalue weighted by molar-refractivity contribution is -0.117. The van der Waals surface area contributed by atoms with Gasteiger partial charge in [0, 0.05) is 6.42 Å². The second-order valence-corrected chi connectivity index (χ2v) is 6.79. The lowest BCUT2D eigenvalue weighted by atomic mass is 9.73. The van der Waals surface area contributed by atoms with E-state index in [1.165, 1.54) is 22.3 Å². The number of hydrogen-bond acceptors (Lipinski definition) is 1. The Morgan fingerprint density at radius 2 is 1.75 bits per heavy atom. The molecule has 0 bridgehead atoms. The third kappa shape index (κ3) is 3.69. The van der Waals surface area contributed by atoms with Crippen LogP contribution < -0.4 is 0 Å². The molecule has 20 heavy (non-hydrogen) atoms. The van der Waals surface area contributed by atoms with Crippen molar-refractivity contribution in [1.29, 1.82) is 0 Å². The largest absolute Gasteiger partial charge is 0.295 e. The fourth-order valence-electron chi connectivity index (χ4n) is 2.95. The van der Waals surface area contributed by atoms with Crippen LogP contribution in [0.15, 0.2) is 53.1 Å². The van der Waals surface area contributed by atoms with Crippen molar-refractivity contribution in [1.82, 2.24) is 0 Å². The Hall–Kier alpha value is -1.63. The highest BCUT2D eigenvalue weighted by molar-refractivity contribution is 5.92. The summed E-state index contributed by atoms with van der Waals surface area (Å²) in [7, 11) is 0. The lowest BCUT2D eigenvalue weighted by Crippen LogP contribution is -2.23. The Kier molecular flexibility index (Phi) is 4.27. The third-order valence-corrected chi connectivity index (χ3v) is 3.87. The zero-order valence-corrected chi connectivity index (χ0v) is 13.0. The van der Waals surface area contributed by atoms with Crippen LogP contribution in [0.1, 0.15) is 46.1 Å². The van der Waals surface area contributed by atoms with Gasteiger partial charge in [-0.05, 0) is 54.9 Å². The van der Waals surface area contributed by atoms with E-state index in [4.69, 9.17) is 0 Å². The fraction of sp³-hybridized carbons (Fsp3) is 0.421. The highest BCUT2D eigenvalue weighted by Gasteiger charge is 2.28. The minimum Gasteiger partial charge on any atom is -0.295 e. The van der Waals surface area contributed by atoms with Crippen LogP contribution in [0.5, 0.6) is 0 Å². The van der Waals surface area contributed by atoms with Gasteiger partial charge in [-0.2, -0.15) is 0 Å². The average molecular weight is 268 g/mol. The molecule has 1 aliphatic carbocycles. The van der Waals surface area contributed by atoms with Crippen LogP contribution in [0.25, 0.3) is 0 Å². The van der Waals surface area contributed by atoms with Gasteiger partial charge in [0.2, 0.25) is 0 Å². The van der Waals surface area contributed by atoms with Crippen LogP contribution in [0, 0.1) is 5.41 Å². The van der Waals surface area contributed by atoms with E-state index in [2.05, 4.69) is 52.0 Å². The predicted molar refractivity (Wildman–Crippen MR) is 84.6 cm³/mol. The zero-order chi connectivity index (χ0) is 14.8. The van der Waals surface area contributed by atoms with Crippen LogP contribution in [-0.2, 0) is 11.2 Å². The Morgan fingerprint density at radius 1 is 1.10 bits per heavy atom. The van der Waals surface area contributed by atoms with Gasteiger partial charge in [-0.3, -0.25) is 4.79 Å². The van der Waals surface area contributed by atoms with Crippen LogP contribution in [-0.4, -0.2) is 5.78 Å². The number of allylic oxidation sites excluding steroid dienone is 4. The quantitative estimate of drug-likeness (QED) is 0.763. The molecule has 0 amide bonds. The van der Waals surface area contributed by atoms with E-state index in [1.807, 2.05) is 12.1 Å². The molecule has 0 fully saturated rings. The van der Waals surface area contributed by atoms with Gasteiger partial charge >= 0.3 is 0 Å². The highest BCUT2D eigenvalue weighted by Crippen LogP contribution is 2.38. The van der Waals surface area contributed by atoms with Crippen LogP contribution >= 0.6 is 0 Å². The van der Waals surface area contributed by atoms with Crippen molar-refractivity contribution in [2.75, 3.05) is 0 Å². The number of benzene rings is 1. The maximum Gasteiger partial charge on any atom is 0.156 e. The third-order valence-electron chi connectivity index (χ3n) is 3.87. The summed E-state index contributed by atoms with van der Waals surface area (Å²) in [6.07, 6.45) is 4.44. The van der Waals surface area contributed by atoms with Gasteiger partial charge in [0.1, 0.15) is 0 Å². The average Bonchev–Trinajstić information content (AvgIpc) is 2.34.